The monoisotopic (exact) mass is 411 g/mol. The van der Waals surface area contributed by atoms with Gasteiger partial charge >= 0.3 is 0 Å². The van der Waals surface area contributed by atoms with Crippen LogP contribution in [0.4, 0.5) is 5.69 Å². The molecule has 0 aromatic heterocycles. The van der Waals surface area contributed by atoms with Crippen LogP contribution in [0.5, 0.6) is 0 Å². The summed E-state index contributed by atoms with van der Waals surface area (Å²) in [5.41, 5.74) is 4.12. The molecule has 0 aliphatic heterocycles. The predicted molar refractivity (Wildman–Crippen MR) is 124 cm³/mol. The third-order valence-electron chi connectivity index (χ3n) is 5.92. The summed E-state index contributed by atoms with van der Waals surface area (Å²) in [7, 11) is 0. The lowest BCUT2D eigenvalue weighted by Gasteiger charge is -2.07. The summed E-state index contributed by atoms with van der Waals surface area (Å²) >= 11 is 5.97. The summed E-state index contributed by atoms with van der Waals surface area (Å²) in [6.07, 6.45) is 2.34. The zero-order valence-electron chi connectivity index (χ0n) is 16.5. The number of carbonyl (C=O) groups excluding carboxylic acids is 1. The lowest BCUT2D eigenvalue weighted by molar-refractivity contribution is 0.102. The van der Waals surface area contributed by atoms with E-state index in [0.717, 1.165) is 12.1 Å². The number of benzene rings is 4. The average Bonchev–Trinajstić information content (AvgIpc) is 3.53. The second-order valence-corrected chi connectivity index (χ2v) is 8.51. The molecule has 3 heteroatoms. The third kappa shape index (κ3) is 4.10. The van der Waals surface area contributed by atoms with Crippen LogP contribution in [-0.4, -0.2) is 5.91 Å². The van der Waals surface area contributed by atoms with E-state index in [1.807, 2.05) is 12.1 Å². The highest BCUT2D eigenvalue weighted by atomic mass is 35.5. The van der Waals surface area contributed by atoms with Gasteiger partial charge in [0.05, 0.1) is 0 Å². The van der Waals surface area contributed by atoms with Crippen molar-refractivity contribution in [3.05, 3.63) is 113 Å². The number of anilines is 1. The molecule has 2 unspecified atom stereocenters. The van der Waals surface area contributed by atoms with Crippen LogP contribution in [0.1, 0.15) is 33.8 Å². The van der Waals surface area contributed by atoms with Crippen LogP contribution in [0, 0.1) is 5.92 Å². The second kappa shape index (κ2) is 7.97. The Kier molecular flexibility index (Phi) is 5.02. The molecule has 1 aliphatic rings. The van der Waals surface area contributed by atoms with Gasteiger partial charge in [0, 0.05) is 16.3 Å². The minimum absolute atomic E-state index is 0.147. The number of nitrogens with one attached hydrogen (secondary N) is 1. The Labute approximate surface area is 181 Å². The zero-order chi connectivity index (χ0) is 20.5. The van der Waals surface area contributed by atoms with Gasteiger partial charge in [0.15, 0.2) is 0 Å². The van der Waals surface area contributed by atoms with Gasteiger partial charge in [0.2, 0.25) is 0 Å². The third-order valence-corrected chi connectivity index (χ3v) is 6.15. The molecule has 4 aromatic carbocycles. The first kappa shape index (κ1) is 18.9. The average molecular weight is 412 g/mol. The highest BCUT2D eigenvalue weighted by molar-refractivity contribution is 6.31. The lowest BCUT2D eigenvalue weighted by Crippen LogP contribution is -2.11. The molecule has 1 N–H and O–H groups in total. The van der Waals surface area contributed by atoms with Crippen LogP contribution in [0.15, 0.2) is 91.0 Å². The fourth-order valence-corrected chi connectivity index (χ4v) is 4.39. The normalized spacial score (nSPS) is 17.6. The molecule has 0 bridgehead atoms. The van der Waals surface area contributed by atoms with Crippen molar-refractivity contribution in [1.29, 1.82) is 0 Å². The molecule has 1 fully saturated rings. The van der Waals surface area contributed by atoms with Gasteiger partial charge in [-0.05, 0) is 76.9 Å². The Balaban J connectivity index is 1.21. The number of rotatable bonds is 5. The summed E-state index contributed by atoms with van der Waals surface area (Å²) in [6, 6.07) is 30.5. The van der Waals surface area contributed by atoms with Crippen LogP contribution < -0.4 is 5.32 Å². The minimum Gasteiger partial charge on any atom is -0.322 e. The first-order valence-corrected chi connectivity index (χ1v) is 10.7. The van der Waals surface area contributed by atoms with Gasteiger partial charge < -0.3 is 5.32 Å². The predicted octanol–water partition coefficient (Wildman–Crippen LogP) is 7.09. The SMILES string of the molecule is O=C(Nc1ccc(C2CC2Cc2ccc3ccccc3c2)cc1)c1cccc(Cl)c1. The van der Waals surface area contributed by atoms with Crippen molar-refractivity contribution in [1.82, 2.24) is 0 Å². The van der Waals surface area contributed by atoms with E-state index in [2.05, 4.69) is 59.9 Å². The molecule has 2 atom stereocenters. The van der Waals surface area contributed by atoms with Crippen molar-refractivity contribution in [3.8, 4) is 0 Å². The van der Waals surface area contributed by atoms with Crippen molar-refractivity contribution in [3.63, 3.8) is 0 Å². The first-order valence-electron chi connectivity index (χ1n) is 10.3. The molecule has 0 saturated heterocycles. The molecular formula is C27H22ClNO. The van der Waals surface area contributed by atoms with E-state index in [1.54, 1.807) is 24.3 Å². The van der Waals surface area contributed by atoms with Crippen molar-refractivity contribution in [2.24, 2.45) is 5.92 Å². The standard InChI is InChI=1S/C27H22ClNO/c28-24-7-3-6-22(16-24)27(30)29-25-12-10-20(11-13-25)26-17-23(26)15-18-8-9-19-4-1-2-5-21(19)14-18/h1-14,16,23,26H,15,17H2,(H,29,30). The first-order chi connectivity index (χ1) is 14.7. The quantitative estimate of drug-likeness (QED) is 0.373. The molecule has 2 nitrogen and oxygen atoms in total. The van der Waals surface area contributed by atoms with Crippen molar-refractivity contribution < 1.29 is 4.79 Å². The van der Waals surface area contributed by atoms with Crippen molar-refractivity contribution >= 4 is 34.0 Å². The zero-order valence-corrected chi connectivity index (χ0v) is 17.3. The largest absolute Gasteiger partial charge is 0.322 e. The van der Waals surface area contributed by atoms with Crippen molar-refractivity contribution in [2.75, 3.05) is 5.32 Å². The number of halogens is 1. The molecule has 1 aliphatic carbocycles. The van der Waals surface area contributed by atoms with Crippen LogP contribution in [0.2, 0.25) is 5.02 Å². The number of hydrogen-bond acceptors (Lipinski definition) is 1. The summed E-state index contributed by atoms with van der Waals surface area (Å²) < 4.78 is 0. The fourth-order valence-electron chi connectivity index (χ4n) is 4.20. The van der Waals surface area contributed by atoms with Gasteiger partial charge in [0.1, 0.15) is 0 Å². The molecule has 5 rings (SSSR count). The van der Waals surface area contributed by atoms with E-state index >= 15 is 0 Å². The number of carbonyl (C=O) groups is 1. The topological polar surface area (TPSA) is 29.1 Å². The summed E-state index contributed by atoms with van der Waals surface area (Å²) in [5.74, 6) is 1.15. The Hall–Kier alpha value is -3.10. The molecule has 0 heterocycles. The van der Waals surface area contributed by atoms with E-state index in [-0.39, 0.29) is 5.91 Å². The van der Waals surface area contributed by atoms with E-state index < -0.39 is 0 Å². The molecule has 0 spiro atoms. The Morgan fingerprint density at radius 2 is 1.67 bits per heavy atom. The van der Waals surface area contributed by atoms with Gasteiger partial charge in [-0.25, -0.2) is 0 Å². The van der Waals surface area contributed by atoms with Crippen LogP contribution in [0.25, 0.3) is 10.8 Å². The highest BCUT2D eigenvalue weighted by Crippen LogP contribution is 2.49. The molecule has 148 valence electrons. The van der Waals surface area contributed by atoms with Crippen LogP contribution in [-0.2, 0) is 6.42 Å². The Morgan fingerprint density at radius 1 is 0.867 bits per heavy atom. The summed E-state index contributed by atoms with van der Waals surface area (Å²) in [6.45, 7) is 0. The van der Waals surface area contributed by atoms with E-state index in [4.69, 9.17) is 11.6 Å². The van der Waals surface area contributed by atoms with Crippen molar-refractivity contribution in [2.45, 2.75) is 18.8 Å². The summed E-state index contributed by atoms with van der Waals surface area (Å²) in [5, 5.41) is 6.11. The van der Waals surface area contributed by atoms with E-state index in [0.29, 0.717) is 22.4 Å². The molecule has 1 saturated carbocycles. The molecule has 4 aromatic rings. The lowest BCUT2D eigenvalue weighted by atomic mass is 10.0. The molecule has 30 heavy (non-hydrogen) atoms. The Morgan fingerprint density at radius 3 is 2.47 bits per heavy atom. The smallest absolute Gasteiger partial charge is 0.255 e. The van der Waals surface area contributed by atoms with Crippen LogP contribution in [0.3, 0.4) is 0 Å². The van der Waals surface area contributed by atoms with Gasteiger partial charge in [-0.2, -0.15) is 0 Å². The van der Waals surface area contributed by atoms with E-state index in [9.17, 15) is 4.79 Å². The maximum Gasteiger partial charge on any atom is 0.255 e. The van der Waals surface area contributed by atoms with Gasteiger partial charge in [0.25, 0.3) is 5.91 Å². The number of fused-ring (bicyclic) bond motifs is 1. The minimum atomic E-state index is -0.147. The fraction of sp³-hybridized carbons (Fsp3) is 0.148. The highest BCUT2D eigenvalue weighted by Gasteiger charge is 2.37. The Bertz CT molecular complexity index is 1210. The second-order valence-electron chi connectivity index (χ2n) is 8.07. The van der Waals surface area contributed by atoms with E-state index in [1.165, 1.54) is 28.3 Å². The maximum atomic E-state index is 12.4. The number of amides is 1. The van der Waals surface area contributed by atoms with Gasteiger partial charge in [-0.3, -0.25) is 4.79 Å². The molecule has 0 radical (unpaired) electrons. The molecule has 1 amide bonds. The summed E-state index contributed by atoms with van der Waals surface area (Å²) in [4.78, 5) is 12.4. The molecular weight excluding hydrogens is 390 g/mol. The van der Waals surface area contributed by atoms with Gasteiger partial charge in [-0.1, -0.05) is 72.3 Å². The number of hydrogen-bond donors (Lipinski definition) is 1. The maximum absolute atomic E-state index is 12.4. The van der Waals surface area contributed by atoms with Crippen LogP contribution >= 0.6 is 11.6 Å². The van der Waals surface area contributed by atoms with Gasteiger partial charge in [-0.15, -0.1) is 0 Å².